The predicted molar refractivity (Wildman–Crippen MR) is 125 cm³/mol. The number of rotatable bonds is 19. The van der Waals surface area contributed by atoms with Gasteiger partial charge in [0.15, 0.2) is 6.10 Å². The Labute approximate surface area is 193 Å². The Balaban J connectivity index is 2.25. The maximum Gasteiger partial charge on any atom is 0.333 e. The predicted octanol–water partition coefficient (Wildman–Crippen LogP) is 5.56. The largest absolute Gasteiger partial charge is 0.462 e. The van der Waals surface area contributed by atoms with Gasteiger partial charge in [0.2, 0.25) is 0 Å². The summed E-state index contributed by atoms with van der Waals surface area (Å²) in [5.74, 6) is -0.572. The van der Waals surface area contributed by atoms with Gasteiger partial charge < -0.3 is 18.9 Å². The molecule has 6 nitrogen and oxygen atoms in total. The SMILES string of the molecule is C=C(C)C(=O)OCCCCCCC(=O)OC(COCCCCOCCC)c1ccccc1. The minimum absolute atomic E-state index is 0.218. The van der Waals surface area contributed by atoms with Gasteiger partial charge in [0.05, 0.1) is 13.2 Å². The third-order valence-corrected chi connectivity index (χ3v) is 4.75. The van der Waals surface area contributed by atoms with E-state index in [4.69, 9.17) is 18.9 Å². The number of carbonyl (C=O) groups excluding carboxylic acids is 2. The van der Waals surface area contributed by atoms with Crippen molar-refractivity contribution in [1.82, 2.24) is 0 Å². The molecule has 1 aromatic rings. The van der Waals surface area contributed by atoms with E-state index in [2.05, 4.69) is 13.5 Å². The van der Waals surface area contributed by atoms with Crippen LogP contribution in [0.3, 0.4) is 0 Å². The zero-order valence-corrected chi connectivity index (χ0v) is 19.8. The molecule has 1 atom stereocenters. The normalized spacial score (nSPS) is 11.7. The molecular weight excluding hydrogens is 408 g/mol. The van der Waals surface area contributed by atoms with Crippen molar-refractivity contribution >= 4 is 11.9 Å². The molecule has 0 amide bonds. The Hall–Kier alpha value is -2.18. The van der Waals surface area contributed by atoms with Crippen LogP contribution in [0.15, 0.2) is 42.5 Å². The van der Waals surface area contributed by atoms with E-state index in [9.17, 15) is 9.59 Å². The molecule has 0 aromatic heterocycles. The van der Waals surface area contributed by atoms with Gasteiger partial charge in [-0.25, -0.2) is 4.79 Å². The van der Waals surface area contributed by atoms with Crippen molar-refractivity contribution in [3.05, 3.63) is 48.0 Å². The molecular formula is C26H40O6. The highest BCUT2D eigenvalue weighted by Crippen LogP contribution is 2.19. The lowest BCUT2D eigenvalue weighted by Crippen LogP contribution is -2.17. The van der Waals surface area contributed by atoms with Crippen LogP contribution < -0.4 is 0 Å². The third kappa shape index (κ3) is 14.0. The summed E-state index contributed by atoms with van der Waals surface area (Å²) in [6.45, 7) is 10.2. The first-order valence-electron chi connectivity index (χ1n) is 11.8. The van der Waals surface area contributed by atoms with Crippen molar-refractivity contribution in [3.8, 4) is 0 Å². The molecule has 6 heteroatoms. The second-order valence-electron chi connectivity index (χ2n) is 7.86. The van der Waals surface area contributed by atoms with Crippen molar-refractivity contribution in [1.29, 1.82) is 0 Å². The number of esters is 2. The summed E-state index contributed by atoms with van der Waals surface area (Å²) < 4.78 is 22.0. The van der Waals surface area contributed by atoms with E-state index in [-0.39, 0.29) is 11.9 Å². The number of unbranched alkanes of at least 4 members (excludes halogenated alkanes) is 4. The highest BCUT2D eigenvalue weighted by atomic mass is 16.6. The van der Waals surface area contributed by atoms with E-state index < -0.39 is 6.10 Å². The van der Waals surface area contributed by atoms with Gasteiger partial charge in [-0.05, 0) is 44.6 Å². The molecule has 180 valence electrons. The first kappa shape index (κ1) is 27.9. The van der Waals surface area contributed by atoms with Crippen molar-refractivity contribution in [2.24, 2.45) is 0 Å². The molecule has 0 saturated heterocycles. The van der Waals surface area contributed by atoms with Crippen LogP contribution in [-0.2, 0) is 28.5 Å². The molecule has 32 heavy (non-hydrogen) atoms. The summed E-state index contributed by atoms with van der Waals surface area (Å²) in [5, 5.41) is 0. The Morgan fingerprint density at radius 2 is 1.53 bits per heavy atom. The molecule has 1 unspecified atom stereocenters. The lowest BCUT2D eigenvalue weighted by Gasteiger charge is -2.18. The average molecular weight is 449 g/mol. The lowest BCUT2D eigenvalue weighted by atomic mass is 10.1. The molecule has 1 rings (SSSR count). The fraction of sp³-hybridized carbons (Fsp3) is 0.615. The van der Waals surface area contributed by atoms with E-state index in [0.717, 1.165) is 63.7 Å². The molecule has 0 heterocycles. The van der Waals surface area contributed by atoms with Crippen molar-refractivity contribution in [2.75, 3.05) is 33.0 Å². The minimum Gasteiger partial charge on any atom is -0.462 e. The summed E-state index contributed by atoms with van der Waals surface area (Å²) in [7, 11) is 0. The zero-order chi connectivity index (χ0) is 23.4. The van der Waals surface area contributed by atoms with Gasteiger partial charge in [0.1, 0.15) is 0 Å². The van der Waals surface area contributed by atoms with Crippen molar-refractivity contribution < 1.29 is 28.5 Å². The van der Waals surface area contributed by atoms with Gasteiger partial charge in [-0.1, -0.05) is 56.7 Å². The van der Waals surface area contributed by atoms with E-state index in [1.807, 2.05) is 30.3 Å². The molecule has 0 saturated carbocycles. The first-order chi connectivity index (χ1) is 15.5. The smallest absolute Gasteiger partial charge is 0.333 e. The monoisotopic (exact) mass is 448 g/mol. The first-order valence-corrected chi connectivity index (χ1v) is 11.8. The minimum atomic E-state index is -0.401. The highest BCUT2D eigenvalue weighted by Gasteiger charge is 2.17. The number of ether oxygens (including phenoxy) is 4. The van der Waals surface area contributed by atoms with Gasteiger partial charge in [-0.15, -0.1) is 0 Å². The highest BCUT2D eigenvalue weighted by molar-refractivity contribution is 5.86. The van der Waals surface area contributed by atoms with Gasteiger partial charge in [-0.2, -0.15) is 0 Å². The molecule has 0 aliphatic heterocycles. The quantitative estimate of drug-likeness (QED) is 0.157. The van der Waals surface area contributed by atoms with Crippen LogP contribution in [0.2, 0.25) is 0 Å². The van der Waals surface area contributed by atoms with Crippen molar-refractivity contribution in [2.45, 2.75) is 71.3 Å². The molecule has 0 radical (unpaired) electrons. The van der Waals surface area contributed by atoms with E-state index in [1.165, 1.54) is 0 Å². The fourth-order valence-electron chi connectivity index (χ4n) is 2.94. The second kappa shape index (κ2) is 18.4. The lowest BCUT2D eigenvalue weighted by molar-refractivity contribution is -0.153. The van der Waals surface area contributed by atoms with Crippen molar-refractivity contribution in [3.63, 3.8) is 0 Å². The maximum atomic E-state index is 12.3. The number of carbonyl (C=O) groups is 2. The Kier molecular flexibility index (Phi) is 16.0. The molecule has 0 N–H and O–H groups in total. The van der Waals surface area contributed by atoms with Crippen LogP contribution in [-0.4, -0.2) is 45.0 Å². The van der Waals surface area contributed by atoms with Crippen LogP contribution >= 0.6 is 0 Å². The van der Waals surface area contributed by atoms with Crippen LogP contribution in [0, 0.1) is 0 Å². The van der Waals surface area contributed by atoms with Crippen LogP contribution in [0.25, 0.3) is 0 Å². The molecule has 0 aliphatic carbocycles. The van der Waals surface area contributed by atoms with Crippen LogP contribution in [0.4, 0.5) is 0 Å². The summed E-state index contributed by atoms with van der Waals surface area (Å²) in [4.78, 5) is 23.6. The fourth-order valence-corrected chi connectivity index (χ4v) is 2.94. The van der Waals surface area contributed by atoms with Gasteiger partial charge >= 0.3 is 11.9 Å². The zero-order valence-electron chi connectivity index (χ0n) is 19.8. The summed E-state index contributed by atoms with van der Waals surface area (Å²) >= 11 is 0. The van der Waals surface area contributed by atoms with E-state index in [0.29, 0.717) is 31.8 Å². The Morgan fingerprint density at radius 3 is 2.22 bits per heavy atom. The molecule has 1 aromatic carbocycles. The van der Waals surface area contributed by atoms with Gasteiger partial charge in [-0.3, -0.25) is 4.79 Å². The molecule has 0 aliphatic rings. The molecule has 0 spiro atoms. The van der Waals surface area contributed by atoms with Gasteiger partial charge in [0, 0.05) is 31.8 Å². The third-order valence-electron chi connectivity index (χ3n) is 4.75. The summed E-state index contributed by atoms with van der Waals surface area (Å²) in [6, 6.07) is 9.70. The van der Waals surface area contributed by atoms with E-state index >= 15 is 0 Å². The Bertz CT molecular complexity index is 643. The van der Waals surface area contributed by atoms with Gasteiger partial charge in [0.25, 0.3) is 0 Å². The summed E-state index contributed by atoms with van der Waals surface area (Å²) in [6.07, 6.45) is 6.17. The standard InChI is InChI=1S/C26H40O6/c1-4-17-29-18-12-13-19-30-21-24(23-14-8-7-9-15-23)32-25(27)16-10-5-6-11-20-31-26(28)22(2)3/h7-9,14-15,24H,2,4-6,10-13,16-21H2,1,3H3. The summed E-state index contributed by atoms with van der Waals surface area (Å²) in [5.41, 5.74) is 1.34. The Morgan fingerprint density at radius 1 is 0.875 bits per heavy atom. The average Bonchev–Trinajstić information content (AvgIpc) is 2.79. The molecule has 0 fully saturated rings. The second-order valence-corrected chi connectivity index (χ2v) is 7.86. The van der Waals surface area contributed by atoms with Crippen LogP contribution in [0.1, 0.15) is 76.9 Å². The topological polar surface area (TPSA) is 71.1 Å². The maximum absolute atomic E-state index is 12.3. The van der Waals surface area contributed by atoms with E-state index in [1.54, 1.807) is 6.92 Å². The number of benzene rings is 1. The number of hydrogen-bond donors (Lipinski definition) is 0. The van der Waals surface area contributed by atoms with Crippen LogP contribution in [0.5, 0.6) is 0 Å². The number of hydrogen-bond acceptors (Lipinski definition) is 6. The molecule has 0 bridgehead atoms.